The van der Waals surface area contributed by atoms with Crippen LogP contribution in [-0.4, -0.2) is 107 Å². The van der Waals surface area contributed by atoms with Gasteiger partial charge in [0.1, 0.15) is 77.7 Å². The van der Waals surface area contributed by atoms with E-state index in [2.05, 4.69) is 208 Å². The van der Waals surface area contributed by atoms with E-state index in [-0.39, 0.29) is 11.9 Å². The molecule has 4 atom stereocenters. The molecular formula is C82H90ClFN24. The van der Waals surface area contributed by atoms with Gasteiger partial charge in [-0.2, -0.15) is 20.4 Å². The summed E-state index contributed by atoms with van der Waals surface area (Å²) in [7, 11) is 0. The van der Waals surface area contributed by atoms with Crippen molar-refractivity contribution >= 4 is 81.4 Å². The maximum absolute atomic E-state index is 13.7. The Morgan fingerprint density at radius 1 is 0.343 bits per heavy atom. The number of H-pyrrole nitrogens is 4. The van der Waals surface area contributed by atoms with Crippen molar-refractivity contribution < 1.29 is 4.39 Å². The van der Waals surface area contributed by atoms with Gasteiger partial charge in [-0.1, -0.05) is 90.0 Å². The number of anilines is 12. The van der Waals surface area contributed by atoms with Gasteiger partial charge in [-0.25, -0.2) is 44.3 Å². The molecule has 12 aromatic rings. The molecule has 8 aromatic heterocycles. The molecule has 4 aromatic carbocycles. The number of hydrogen-bond donors (Lipinski definition) is 8. The Kier molecular flexibility index (Phi) is 20.4. The lowest BCUT2D eigenvalue weighted by Gasteiger charge is -2.27. The van der Waals surface area contributed by atoms with Gasteiger partial charge in [-0.15, -0.1) is 0 Å². The zero-order valence-electron chi connectivity index (χ0n) is 60.8. The minimum Gasteiger partial charge on any atom is -0.349 e. The number of nitrogens with one attached hydrogen (secondary N) is 8. The van der Waals surface area contributed by atoms with Crippen LogP contribution in [0.1, 0.15) is 207 Å². The molecule has 0 amide bonds. The molecule has 4 aliphatic heterocycles. The normalized spacial score (nSPS) is 19.4. The second-order valence-electron chi connectivity index (χ2n) is 29.8. The Morgan fingerprint density at radius 3 is 1.05 bits per heavy atom. The average molecular weight is 1470 g/mol. The van der Waals surface area contributed by atoms with Crippen LogP contribution >= 0.6 is 11.6 Å². The number of hydrogen-bond acceptors (Lipinski definition) is 20. The van der Waals surface area contributed by atoms with Gasteiger partial charge in [0.15, 0.2) is 23.3 Å². The predicted octanol–water partition coefficient (Wildman–Crippen LogP) is 18.1. The van der Waals surface area contributed by atoms with Crippen LogP contribution in [0.15, 0.2) is 171 Å². The van der Waals surface area contributed by atoms with E-state index in [1.54, 1.807) is 37.4 Å². The zero-order chi connectivity index (χ0) is 72.9. The van der Waals surface area contributed by atoms with Gasteiger partial charge in [-0.3, -0.25) is 20.4 Å². The number of benzene rings is 4. The first kappa shape index (κ1) is 69.7. The lowest BCUT2D eigenvalue weighted by Crippen LogP contribution is -2.24. The summed E-state index contributed by atoms with van der Waals surface area (Å²) in [5, 5.41) is 43.8. The molecule has 4 saturated carbocycles. The molecule has 8 N–H and O–H groups in total. The SMILES string of the molecule is Cc1cccc(C2CCCN2c2cc(Nc3cc(C4CC4)[nH]n3)ncn2)c1.Cc1ccccc1C1CCCN1c1cc(Nc2cc(C3CC3)[nH]n2)ncn1.Clc1cccc(C2CCCN2c2cc(Nc3cc(C4CC4)[nH]n3)ncn2)c1.Fc1cccc(C2CCCN2c2cc(Nc3cc(C4CC4)[nH]n3)ncn2)c1. The summed E-state index contributed by atoms with van der Waals surface area (Å²) < 4.78 is 13.7. The van der Waals surface area contributed by atoms with Gasteiger partial charge in [0.25, 0.3) is 0 Å². The van der Waals surface area contributed by atoms with Gasteiger partial charge in [0.2, 0.25) is 0 Å². The number of halogens is 2. The van der Waals surface area contributed by atoms with E-state index < -0.39 is 0 Å². The fourth-order valence-electron chi connectivity index (χ4n) is 15.6. The highest BCUT2D eigenvalue weighted by Crippen LogP contribution is 2.45. The molecule has 0 bridgehead atoms. The Morgan fingerprint density at radius 2 is 0.685 bits per heavy atom. The van der Waals surface area contributed by atoms with E-state index >= 15 is 0 Å². The zero-order valence-corrected chi connectivity index (χ0v) is 61.6. The van der Waals surface area contributed by atoms with Crippen LogP contribution in [-0.2, 0) is 0 Å². The van der Waals surface area contributed by atoms with Crippen molar-refractivity contribution in [3.63, 3.8) is 0 Å². The Bertz CT molecular complexity index is 4670. The van der Waals surface area contributed by atoms with Crippen molar-refractivity contribution in [2.75, 3.05) is 67.0 Å². The predicted molar refractivity (Wildman–Crippen MR) is 421 cm³/mol. The monoisotopic (exact) mass is 1460 g/mol. The van der Waals surface area contributed by atoms with Crippen LogP contribution in [0.4, 0.5) is 74.2 Å². The van der Waals surface area contributed by atoms with Crippen LogP contribution in [0.25, 0.3) is 0 Å². The maximum atomic E-state index is 13.7. The molecule has 26 heteroatoms. The van der Waals surface area contributed by atoms with E-state index in [0.717, 1.165) is 139 Å². The molecule has 24 nitrogen and oxygen atoms in total. The van der Waals surface area contributed by atoms with Crippen LogP contribution in [0.3, 0.4) is 0 Å². The molecule has 12 heterocycles. The average Bonchev–Trinajstić information content (AvgIpc) is 1.68. The molecule has 8 aliphatic rings. The summed E-state index contributed by atoms with van der Waals surface area (Å²) in [4.78, 5) is 44.9. The third kappa shape index (κ3) is 16.9. The minimum atomic E-state index is -0.200. The van der Waals surface area contributed by atoms with E-state index in [4.69, 9.17) is 11.6 Å². The van der Waals surface area contributed by atoms with E-state index in [9.17, 15) is 4.39 Å². The quantitative estimate of drug-likeness (QED) is 0.0352. The van der Waals surface area contributed by atoms with Gasteiger partial charge in [0, 0.05) is 126 Å². The molecular weight excluding hydrogens is 1380 g/mol. The highest BCUT2D eigenvalue weighted by atomic mass is 35.5. The number of nitrogens with zero attached hydrogens (tertiary/aromatic N) is 16. The minimum absolute atomic E-state index is 0.135. The molecule has 108 heavy (non-hydrogen) atoms. The second kappa shape index (κ2) is 31.6. The highest BCUT2D eigenvalue weighted by Gasteiger charge is 2.34. The standard InChI is InChI=1S/2C21H24N6.C20H21ClN6.C20H21FN6/c1-14-4-2-5-16(10-14)18-6-3-9-27(18)21-12-19(22-13-23-21)24-20-11-17(25-26-20)15-7-8-15;1-14-5-2-3-6-16(14)18-7-4-10-27(18)21-12-19(22-13-23-21)24-20-11-17(25-26-20)15-8-9-15;2*21-15-4-1-3-14(9-15)17-5-2-8-27(17)20-11-18(22-12-23-20)24-19-10-16(25-26-19)13-6-7-13/h2,4-5,10-13,15,18H,3,6-9H2,1H3,(H2,22,23,24,25,26);2-3,5-6,11-13,15,18H,4,7-10H2,1H3,(H2,22,23,24,25,26);2*1,3-4,9-13,17H,2,5-8H2,(H2,22,23,24,25,26). The summed E-state index contributed by atoms with van der Waals surface area (Å²) >= 11 is 6.20. The number of aryl methyl sites for hydroxylation is 2. The van der Waals surface area contributed by atoms with Gasteiger partial charge >= 0.3 is 0 Å². The molecule has 20 rings (SSSR count). The Balaban J connectivity index is 0.000000105. The van der Waals surface area contributed by atoms with Crippen molar-refractivity contribution in [1.29, 1.82) is 0 Å². The van der Waals surface area contributed by atoms with E-state index in [1.165, 1.54) is 121 Å². The molecule has 8 fully saturated rings. The van der Waals surface area contributed by atoms with Gasteiger partial charge in [0.05, 0.1) is 24.2 Å². The summed E-state index contributed by atoms with van der Waals surface area (Å²) in [6.45, 7) is 8.24. The number of aromatic nitrogens is 16. The fourth-order valence-corrected chi connectivity index (χ4v) is 15.8. The topological polar surface area (TPSA) is 279 Å². The summed E-state index contributed by atoms with van der Waals surface area (Å²) in [5.74, 6) is 12.3. The maximum Gasteiger partial charge on any atom is 0.153 e. The second-order valence-corrected chi connectivity index (χ2v) is 30.2. The molecule has 0 spiro atoms. The van der Waals surface area contributed by atoms with Crippen molar-refractivity contribution in [2.24, 2.45) is 0 Å². The molecule has 0 radical (unpaired) electrons. The van der Waals surface area contributed by atoms with Crippen molar-refractivity contribution in [2.45, 2.75) is 164 Å². The largest absolute Gasteiger partial charge is 0.349 e. The van der Waals surface area contributed by atoms with Gasteiger partial charge < -0.3 is 40.9 Å². The highest BCUT2D eigenvalue weighted by molar-refractivity contribution is 6.30. The Hall–Kier alpha value is -11.3. The van der Waals surface area contributed by atoms with E-state index in [0.29, 0.717) is 47.6 Å². The van der Waals surface area contributed by atoms with E-state index in [1.807, 2.05) is 54.6 Å². The van der Waals surface area contributed by atoms with Crippen LogP contribution in [0, 0.1) is 19.7 Å². The van der Waals surface area contributed by atoms with Crippen molar-refractivity contribution in [3.05, 3.63) is 238 Å². The smallest absolute Gasteiger partial charge is 0.153 e. The fraction of sp³-hybridized carbons (Fsp3) is 0.366. The summed E-state index contributed by atoms with van der Waals surface area (Å²) in [5.41, 5.74) is 12.4. The van der Waals surface area contributed by atoms with Crippen LogP contribution < -0.4 is 40.9 Å². The van der Waals surface area contributed by atoms with Crippen LogP contribution in [0.2, 0.25) is 5.02 Å². The molecule has 4 unspecified atom stereocenters. The van der Waals surface area contributed by atoms with Crippen molar-refractivity contribution in [1.82, 2.24) is 80.7 Å². The first-order chi connectivity index (χ1) is 53.1. The molecule has 552 valence electrons. The van der Waals surface area contributed by atoms with Crippen molar-refractivity contribution in [3.8, 4) is 0 Å². The Labute approximate surface area is 632 Å². The number of rotatable bonds is 20. The third-order valence-corrected chi connectivity index (χ3v) is 22.0. The van der Waals surface area contributed by atoms with Gasteiger partial charge in [-0.05, 0) is 169 Å². The summed E-state index contributed by atoms with van der Waals surface area (Å²) in [6.07, 6.45) is 25.4. The molecule has 4 saturated heterocycles. The summed E-state index contributed by atoms with van der Waals surface area (Å²) in [6, 6.07) is 49.9. The lowest BCUT2D eigenvalue weighted by molar-refractivity contribution is 0.618. The molecule has 4 aliphatic carbocycles. The third-order valence-electron chi connectivity index (χ3n) is 21.7. The van der Waals surface area contributed by atoms with Crippen LogP contribution in [0.5, 0.6) is 0 Å². The number of aromatic amines is 4. The first-order valence-electron chi connectivity index (χ1n) is 38.3. The lowest BCUT2D eigenvalue weighted by atomic mass is 9.99. The first-order valence-corrected chi connectivity index (χ1v) is 38.7.